The number of nitrogens with one attached hydrogen (secondary N) is 1. The average Bonchev–Trinajstić information content (AvgIpc) is 3.08. The summed E-state index contributed by atoms with van der Waals surface area (Å²) in [7, 11) is 0. The van der Waals surface area contributed by atoms with Crippen LogP contribution in [-0.4, -0.2) is 21.7 Å². The van der Waals surface area contributed by atoms with Gasteiger partial charge in [0.05, 0.1) is 0 Å². The third-order valence-electron chi connectivity index (χ3n) is 3.68. The number of hydrogen-bond acceptors (Lipinski definition) is 5. The van der Waals surface area contributed by atoms with Crippen LogP contribution in [0, 0.1) is 11.6 Å². The van der Waals surface area contributed by atoms with Gasteiger partial charge in [0.25, 0.3) is 5.89 Å². The third kappa shape index (κ3) is 4.17. The van der Waals surface area contributed by atoms with Gasteiger partial charge in [-0.3, -0.25) is 0 Å². The van der Waals surface area contributed by atoms with Crippen LogP contribution in [0.4, 0.5) is 14.6 Å². The van der Waals surface area contributed by atoms with E-state index in [1.165, 1.54) is 12.1 Å². The van der Waals surface area contributed by atoms with Gasteiger partial charge in [-0.1, -0.05) is 25.1 Å². The van der Waals surface area contributed by atoms with Gasteiger partial charge in [0.15, 0.2) is 5.82 Å². The van der Waals surface area contributed by atoms with Crippen LogP contribution in [-0.2, 0) is 6.42 Å². The Morgan fingerprint density at radius 2 is 2.00 bits per heavy atom. The number of halogens is 2. The summed E-state index contributed by atoms with van der Waals surface area (Å²) in [4.78, 5) is 8.57. The molecule has 0 spiro atoms. The predicted octanol–water partition coefficient (Wildman–Crippen LogP) is 4.19. The van der Waals surface area contributed by atoms with E-state index in [0.717, 1.165) is 11.6 Å². The van der Waals surface area contributed by atoms with E-state index in [9.17, 15) is 8.78 Å². The molecular weight excluding hydrogens is 326 g/mol. The minimum atomic E-state index is -0.580. The second-order valence-corrected chi connectivity index (χ2v) is 5.95. The fraction of sp³-hybridized carbons (Fsp3) is 0.278. The van der Waals surface area contributed by atoms with Gasteiger partial charge in [-0.2, -0.15) is 4.98 Å². The Morgan fingerprint density at radius 3 is 2.72 bits per heavy atom. The maximum absolute atomic E-state index is 13.6. The Kier molecular flexibility index (Phi) is 5.02. The molecule has 25 heavy (non-hydrogen) atoms. The van der Waals surface area contributed by atoms with Crippen LogP contribution in [0.15, 0.2) is 41.1 Å². The minimum Gasteiger partial charge on any atom is -0.370 e. The Balaban J connectivity index is 1.65. The summed E-state index contributed by atoms with van der Waals surface area (Å²) in [5.74, 6) is 0.748. The third-order valence-corrected chi connectivity index (χ3v) is 3.68. The lowest BCUT2D eigenvalue weighted by Crippen LogP contribution is -2.07. The van der Waals surface area contributed by atoms with Crippen LogP contribution in [0.3, 0.4) is 0 Å². The van der Waals surface area contributed by atoms with Crippen LogP contribution in [0.25, 0.3) is 11.5 Å². The number of rotatable bonds is 6. The summed E-state index contributed by atoms with van der Waals surface area (Å²) in [6.45, 7) is 4.44. The van der Waals surface area contributed by atoms with Crippen LogP contribution < -0.4 is 5.32 Å². The molecule has 130 valence electrons. The van der Waals surface area contributed by atoms with Crippen LogP contribution in [0.1, 0.15) is 31.2 Å². The molecule has 3 rings (SSSR count). The zero-order valence-corrected chi connectivity index (χ0v) is 14.0. The highest BCUT2D eigenvalue weighted by molar-refractivity contribution is 5.57. The molecule has 0 aliphatic rings. The van der Waals surface area contributed by atoms with Crippen molar-refractivity contribution in [2.45, 2.75) is 26.2 Å². The lowest BCUT2D eigenvalue weighted by molar-refractivity contribution is 0.419. The second kappa shape index (κ2) is 7.38. The topological polar surface area (TPSA) is 63.8 Å². The van der Waals surface area contributed by atoms with Crippen molar-refractivity contribution in [2.75, 3.05) is 11.9 Å². The molecular formula is C18H18F2N4O. The van der Waals surface area contributed by atoms with E-state index in [-0.39, 0.29) is 5.92 Å². The highest BCUT2D eigenvalue weighted by Crippen LogP contribution is 2.21. The Bertz CT molecular complexity index is 864. The lowest BCUT2D eigenvalue weighted by atomic mass is 10.1. The van der Waals surface area contributed by atoms with Crippen molar-refractivity contribution in [3.8, 4) is 11.5 Å². The van der Waals surface area contributed by atoms with Gasteiger partial charge in [-0.05, 0) is 30.2 Å². The van der Waals surface area contributed by atoms with Crippen molar-refractivity contribution < 1.29 is 13.3 Å². The molecule has 0 unspecified atom stereocenters. The quantitative estimate of drug-likeness (QED) is 0.726. The molecule has 0 amide bonds. The molecule has 0 atom stereocenters. The van der Waals surface area contributed by atoms with Crippen LogP contribution in [0.2, 0.25) is 0 Å². The maximum Gasteiger partial charge on any atom is 0.258 e. The molecule has 0 saturated heterocycles. The maximum atomic E-state index is 13.6. The highest BCUT2D eigenvalue weighted by Gasteiger charge is 2.12. The summed E-state index contributed by atoms with van der Waals surface area (Å²) in [6, 6.07) is 7.15. The average molecular weight is 344 g/mol. The molecule has 2 heterocycles. The summed E-state index contributed by atoms with van der Waals surface area (Å²) >= 11 is 0. The molecule has 0 fully saturated rings. The molecule has 0 aliphatic carbocycles. The van der Waals surface area contributed by atoms with E-state index < -0.39 is 11.6 Å². The summed E-state index contributed by atoms with van der Waals surface area (Å²) < 4.78 is 31.8. The van der Waals surface area contributed by atoms with Crippen LogP contribution in [0.5, 0.6) is 0 Å². The van der Waals surface area contributed by atoms with Crippen molar-refractivity contribution in [2.24, 2.45) is 0 Å². The summed E-state index contributed by atoms with van der Waals surface area (Å²) in [5, 5.41) is 7.05. The first-order valence-electron chi connectivity index (χ1n) is 8.01. The predicted molar refractivity (Wildman–Crippen MR) is 90.2 cm³/mol. The van der Waals surface area contributed by atoms with Crippen molar-refractivity contribution in [3.05, 3.63) is 59.6 Å². The van der Waals surface area contributed by atoms with Gasteiger partial charge in [-0.25, -0.2) is 13.8 Å². The van der Waals surface area contributed by atoms with E-state index in [4.69, 9.17) is 4.52 Å². The van der Waals surface area contributed by atoms with Crippen molar-refractivity contribution in [1.29, 1.82) is 0 Å². The number of nitrogens with zero attached hydrogens (tertiary/aromatic N) is 3. The standard InChI is InChI=1S/C18H18F2N4O/c1-11(2)17-23-18(25-24-17)13-6-8-22-16(9-13)21-7-5-12-3-4-14(19)10-15(12)20/h3-4,6,8-11H,5,7H2,1-2H3,(H,21,22). The van der Waals surface area contributed by atoms with E-state index >= 15 is 0 Å². The molecule has 3 aromatic rings. The normalized spacial score (nSPS) is 11.1. The molecule has 0 saturated carbocycles. The SMILES string of the molecule is CC(C)c1noc(-c2ccnc(NCCc3ccc(F)cc3F)c2)n1. The van der Waals surface area contributed by atoms with Gasteiger partial charge >= 0.3 is 0 Å². The largest absolute Gasteiger partial charge is 0.370 e. The van der Waals surface area contributed by atoms with Gasteiger partial charge < -0.3 is 9.84 Å². The van der Waals surface area contributed by atoms with Crippen LogP contribution >= 0.6 is 0 Å². The van der Waals surface area contributed by atoms with Gasteiger partial charge in [-0.15, -0.1) is 0 Å². The van der Waals surface area contributed by atoms with E-state index in [1.54, 1.807) is 18.3 Å². The van der Waals surface area contributed by atoms with Crippen molar-refractivity contribution in [1.82, 2.24) is 15.1 Å². The smallest absolute Gasteiger partial charge is 0.258 e. The van der Waals surface area contributed by atoms with Gasteiger partial charge in [0, 0.05) is 30.3 Å². The van der Waals surface area contributed by atoms with Gasteiger partial charge in [0.2, 0.25) is 0 Å². The van der Waals surface area contributed by atoms with Gasteiger partial charge in [0.1, 0.15) is 17.5 Å². The molecule has 1 N–H and O–H groups in total. The number of pyridine rings is 1. The number of anilines is 1. The Labute approximate surface area is 144 Å². The second-order valence-electron chi connectivity index (χ2n) is 5.95. The number of aromatic nitrogens is 3. The zero-order chi connectivity index (χ0) is 17.8. The zero-order valence-electron chi connectivity index (χ0n) is 14.0. The molecule has 0 aliphatic heterocycles. The molecule has 0 radical (unpaired) electrons. The fourth-order valence-electron chi connectivity index (χ4n) is 2.30. The monoisotopic (exact) mass is 344 g/mol. The minimum absolute atomic E-state index is 0.183. The first kappa shape index (κ1) is 17.0. The molecule has 5 nitrogen and oxygen atoms in total. The van der Waals surface area contributed by atoms with E-state index in [0.29, 0.717) is 36.1 Å². The molecule has 2 aromatic heterocycles. The Hall–Kier alpha value is -2.83. The van der Waals surface area contributed by atoms with Crippen molar-refractivity contribution in [3.63, 3.8) is 0 Å². The number of benzene rings is 1. The van der Waals surface area contributed by atoms with Crippen molar-refractivity contribution >= 4 is 5.82 Å². The first-order chi connectivity index (χ1) is 12.0. The highest BCUT2D eigenvalue weighted by atomic mass is 19.1. The fourth-order valence-corrected chi connectivity index (χ4v) is 2.30. The first-order valence-corrected chi connectivity index (χ1v) is 8.01. The lowest BCUT2D eigenvalue weighted by Gasteiger charge is -2.07. The van der Waals surface area contributed by atoms with E-state index in [1.807, 2.05) is 13.8 Å². The number of hydrogen-bond donors (Lipinski definition) is 1. The van der Waals surface area contributed by atoms with E-state index in [2.05, 4.69) is 20.4 Å². The molecule has 0 bridgehead atoms. The summed E-state index contributed by atoms with van der Waals surface area (Å²) in [5.41, 5.74) is 1.20. The Morgan fingerprint density at radius 1 is 1.16 bits per heavy atom. The molecule has 1 aromatic carbocycles. The molecule has 7 heteroatoms. The summed E-state index contributed by atoms with van der Waals surface area (Å²) in [6.07, 6.45) is 2.05.